The summed E-state index contributed by atoms with van der Waals surface area (Å²) in [6.45, 7) is 2.13. The summed E-state index contributed by atoms with van der Waals surface area (Å²) in [5.74, 6) is 0.447. The highest BCUT2D eigenvalue weighted by molar-refractivity contribution is 7.07. The molecule has 0 bridgehead atoms. The van der Waals surface area contributed by atoms with Crippen molar-refractivity contribution < 1.29 is 4.79 Å². The van der Waals surface area contributed by atoms with Crippen LogP contribution < -0.4 is 15.5 Å². The van der Waals surface area contributed by atoms with Gasteiger partial charge >= 0.3 is 4.87 Å². The number of carbonyl (C=O) groups is 1. The van der Waals surface area contributed by atoms with Crippen molar-refractivity contribution in [2.24, 2.45) is 0 Å². The van der Waals surface area contributed by atoms with Gasteiger partial charge in [-0.15, -0.1) is 0 Å². The van der Waals surface area contributed by atoms with Gasteiger partial charge in [0.15, 0.2) is 0 Å². The number of hydrogen-bond donors (Lipinski definition) is 3. The van der Waals surface area contributed by atoms with E-state index >= 15 is 0 Å². The van der Waals surface area contributed by atoms with Crippen LogP contribution in [-0.4, -0.2) is 22.9 Å². The van der Waals surface area contributed by atoms with E-state index in [4.69, 9.17) is 0 Å². The number of aromatic nitrogens is 2. The normalized spacial score (nSPS) is 10.2. The molecule has 2 heterocycles. The first-order chi connectivity index (χ1) is 9.08. The minimum absolute atomic E-state index is 0.124. The average Bonchev–Trinajstić information content (AvgIpc) is 2.81. The molecule has 0 aliphatic carbocycles. The van der Waals surface area contributed by atoms with E-state index in [-0.39, 0.29) is 10.8 Å². The third-order valence-corrected chi connectivity index (χ3v) is 3.20. The molecule has 0 saturated heterocycles. The lowest BCUT2D eigenvalue weighted by Crippen LogP contribution is -2.23. The fourth-order valence-corrected chi connectivity index (χ4v) is 2.19. The first-order valence-electron chi connectivity index (χ1n) is 5.70. The maximum atomic E-state index is 12.0. The number of H-pyrrole nitrogens is 1. The molecule has 6 nitrogen and oxygen atoms in total. The van der Waals surface area contributed by atoms with Crippen molar-refractivity contribution in [1.82, 2.24) is 15.3 Å². The molecular formula is C12H14N4O2S. The molecule has 0 aliphatic rings. The van der Waals surface area contributed by atoms with Crippen LogP contribution in [0.15, 0.2) is 22.3 Å². The van der Waals surface area contributed by atoms with Crippen LogP contribution in [0, 0.1) is 6.92 Å². The van der Waals surface area contributed by atoms with Crippen LogP contribution in [0.5, 0.6) is 0 Å². The van der Waals surface area contributed by atoms with Crippen molar-refractivity contribution in [3.63, 3.8) is 0 Å². The SMILES string of the molecule is CNc1cc(C(=O)NCc2csc(=O)[nH]2)cc(C)n1. The molecule has 1 amide bonds. The van der Waals surface area contributed by atoms with E-state index in [9.17, 15) is 9.59 Å². The summed E-state index contributed by atoms with van der Waals surface area (Å²) in [4.78, 5) is 29.7. The molecule has 19 heavy (non-hydrogen) atoms. The molecule has 0 aromatic carbocycles. The van der Waals surface area contributed by atoms with Crippen LogP contribution in [0.25, 0.3) is 0 Å². The minimum atomic E-state index is -0.200. The largest absolute Gasteiger partial charge is 0.373 e. The Kier molecular flexibility index (Phi) is 3.96. The Morgan fingerprint density at radius 1 is 1.47 bits per heavy atom. The van der Waals surface area contributed by atoms with Crippen molar-refractivity contribution >= 4 is 23.1 Å². The fraction of sp³-hybridized carbons (Fsp3) is 0.250. The predicted octanol–water partition coefficient (Wildman–Crippen LogP) is 1.11. The third-order valence-electron chi connectivity index (χ3n) is 2.48. The first-order valence-corrected chi connectivity index (χ1v) is 6.58. The number of carbonyl (C=O) groups excluding carboxylic acids is 1. The van der Waals surface area contributed by atoms with E-state index in [2.05, 4.69) is 20.6 Å². The summed E-state index contributed by atoms with van der Waals surface area (Å²) >= 11 is 1.08. The van der Waals surface area contributed by atoms with Crippen molar-refractivity contribution in [2.75, 3.05) is 12.4 Å². The number of nitrogens with zero attached hydrogens (tertiary/aromatic N) is 1. The molecule has 0 saturated carbocycles. The number of nitrogens with one attached hydrogen (secondary N) is 3. The van der Waals surface area contributed by atoms with Gasteiger partial charge in [0.2, 0.25) is 0 Å². The van der Waals surface area contributed by atoms with E-state index in [0.29, 0.717) is 23.6 Å². The van der Waals surface area contributed by atoms with E-state index in [1.165, 1.54) is 0 Å². The predicted molar refractivity (Wildman–Crippen MR) is 74.6 cm³/mol. The Morgan fingerprint density at radius 2 is 2.26 bits per heavy atom. The monoisotopic (exact) mass is 278 g/mol. The molecule has 0 atom stereocenters. The summed E-state index contributed by atoms with van der Waals surface area (Å²) in [6, 6.07) is 3.39. The van der Waals surface area contributed by atoms with Crippen molar-refractivity contribution in [2.45, 2.75) is 13.5 Å². The molecule has 2 aromatic rings. The van der Waals surface area contributed by atoms with Crippen molar-refractivity contribution in [3.8, 4) is 0 Å². The van der Waals surface area contributed by atoms with Gasteiger partial charge in [0.05, 0.1) is 6.54 Å². The van der Waals surface area contributed by atoms with Crippen molar-refractivity contribution in [3.05, 3.63) is 44.1 Å². The second-order valence-electron chi connectivity index (χ2n) is 3.99. The van der Waals surface area contributed by atoms with Crippen LogP contribution in [0.4, 0.5) is 5.82 Å². The molecule has 0 spiro atoms. The van der Waals surface area contributed by atoms with Crippen LogP contribution in [0.1, 0.15) is 21.7 Å². The highest BCUT2D eigenvalue weighted by atomic mass is 32.1. The molecule has 2 aromatic heterocycles. The zero-order chi connectivity index (χ0) is 13.8. The Morgan fingerprint density at radius 3 is 2.89 bits per heavy atom. The van der Waals surface area contributed by atoms with E-state index in [1.54, 1.807) is 24.6 Å². The summed E-state index contributed by atoms with van der Waals surface area (Å²) < 4.78 is 0. The van der Waals surface area contributed by atoms with E-state index < -0.39 is 0 Å². The van der Waals surface area contributed by atoms with Gasteiger partial charge in [0, 0.05) is 29.4 Å². The first kappa shape index (κ1) is 13.3. The smallest absolute Gasteiger partial charge is 0.304 e. The number of rotatable bonds is 4. The van der Waals surface area contributed by atoms with Gasteiger partial charge in [-0.05, 0) is 19.1 Å². The number of pyridine rings is 1. The van der Waals surface area contributed by atoms with Gasteiger partial charge in [0.25, 0.3) is 5.91 Å². The topological polar surface area (TPSA) is 86.9 Å². The maximum absolute atomic E-state index is 12.0. The Labute approximate surface area is 113 Å². The van der Waals surface area contributed by atoms with E-state index in [1.807, 2.05) is 6.92 Å². The molecule has 0 fully saturated rings. The maximum Gasteiger partial charge on any atom is 0.304 e. The lowest BCUT2D eigenvalue weighted by atomic mass is 10.2. The summed E-state index contributed by atoms with van der Waals surface area (Å²) in [6.07, 6.45) is 0. The zero-order valence-corrected chi connectivity index (χ0v) is 11.4. The number of amides is 1. The number of anilines is 1. The third kappa shape index (κ3) is 3.41. The molecule has 7 heteroatoms. The number of aromatic amines is 1. The van der Waals surface area contributed by atoms with E-state index in [0.717, 1.165) is 17.0 Å². The highest BCUT2D eigenvalue weighted by Gasteiger charge is 2.08. The van der Waals surface area contributed by atoms with Gasteiger partial charge < -0.3 is 15.6 Å². The number of thiazole rings is 1. The van der Waals surface area contributed by atoms with Crippen LogP contribution >= 0.6 is 11.3 Å². The fourth-order valence-electron chi connectivity index (χ4n) is 1.61. The molecule has 3 N–H and O–H groups in total. The molecular weight excluding hydrogens is 264 g/mol. The molecule has 0 radical (unpaired) electrons. The summed E-state index contributed by atoms with van der Waals surface area (Å²) in [7, 11) is 1.75. The van der Waals surface area contributed by atoms with Gasteiger partial charge in [-0.3, -0.25) is 9.59 Å². The molecule has 2 rings (SSSR count). The summed E-state index contributed by atoms with van der Waals surface area (Å²) in [5, 5.41) is 7.35. The lowest BCUT2D eigenvalue weighted by Gasteiger charge is -2.07. The van der Waals surface area contributed by atoms with Crippen LogP contribution in [-0.2, 0) is 6.54 Å². The number of hydrogen-bond acceptors (Lipinski definition) is 5. The number of aryl methyl sites for hydroxylation is 1. The molecule has 0 unspecified atom stereocenters. The Hall–Kier alpha value is -2.15. The van der Waals surface area contributed by atoms with Crippen LogP contribution in [0.2, 0.25) is 0 Å². The highest BCUT2D eigenvalue weighted by Crippen LogP contribution is 2.09. The second-order valence-corrected chi connectivity index (χ2v) is 4.83. The van der Waals surface area contributed by atoms with Gasteiger partial charge in [0.1, 0.15) is 5.82 Å². The van der Waals surface area contributed by atoms with Crippen LogP contribution in [0.3, 0.4) is 0 Å². The second kappa shape index (κ2) is 5.66. The Balaban J connectivity index is 2.07. The molecule has 100 valence electrons. The lowest BCUT2D eigenvalue weighted by molar-refractivity contribution is 0.0950. The van der Waals surface area contributed by atoms with Gasteiger partial charge in [-0.1, -0.05) is 11.3 Å². The van der Waals surface area contributed by atoms with Gasteiger partial charge in [-0.2, -0.15) is 0 Å². The quantitative estimate of drug-likeness (QED) is 0.782. The van der Waals surface area contributed by atoms with Gasteiger partial charge in [-0.25, -0.2) is 4.98 Å². The minimum Gasteiger partial charge on any atom is -0.373 e. The van der Waals surface area contributed by atoms with Crippen molar-refractivity contribution in [1.29, 1.82) is 0 Å². The zero-order valence-electron chi connectivity index (χ0n) is 10.6. The standard InChI is InChI=1S/C12H14N4O2S/c1-7-3-8(4-10(13-2)15-7)11(17)14-5-9-6-19-12(18)16-9/h3-4,6H,5H2,1-2H3,(H,13,15)(H,14,17)(H,16,18). The average molecular weight is 278 g/mol. The Bertz CT molecular complexity index is 647. The summed E-state index contributed by atoms with van der Waals surface area (Å²) in [5.41, 5.74) is 2.00. The molecule has 0 aliphatic heterocycles.